The first-order chi connectivity index (χ1) is 27.4. The zero-order valence-corrected chi connectivity index (χ0v) is 36.3. The predicted octanol–water partition coefficient (Wildman–Crippen LogP) is 4.56. The molecule has 0 radical (unpaired) electrons. The number of nitrogens with zero attached hydrogens (tertiary/aromatic N) is 4. The minimum absolute atomic E-state index is 0.0730. The third-order valence-electron chi connectivity index (χ3n) is 9.51. The average molecular weight is 878 g/mol. The van der Waals surface area contributed by atoms with Crippen molar-refractivity contribution in [2.75, 3.05) is 52.3 Å². The molecule has 3 aromatic rings. The van der Waals surface area contributed by atoms with Gasteiger partial charge in [-0.25, -0.2) is 13.4 Å². The van der Waals surface area contributed by atoms with Gasteiger partial charge < -0.3 is 42.6 Å². The van der Waals surface area contributed by atoms with Crippen LogP contribution >= 0.6 is 32.9 Å². The van der Waals surface area contributed by atoms with Crippen LogP contribution in [0.3, 0.4) is 0 Å². The number of thiophene rings is 1. The molecule has 58 heavy (non-hydrogen) atoms. The van der Waals surface area contributed by atoms with Crippen molar-refractivity contribution < 1.29 is 45.0 Å². The zero-order valence-electron chi connectivity index (χ0n) is 33.0. The molecule has 0 spiro atoms. The smallest absolute Gasteiger partial charge is 0.737 e. The third kappa shape index (κ3) is 12.6. The molecule has 0 fully saturated rings. The summed E-state index contributed by atoms with van der Waals surface area (Å²) in [4.78, 5) is 43.2. The summed E-state index contributed by atoms with van der Waals surface area (Å²) in [5.41, 5.74) is 2.89. The van der Waals surface area contributed by atoms with Crippen molar-refractivity contribution in [3.63, 3.8) is 0 Å². The first-order valence-corrected chi connectivity index (χ1v) is 23.8. The van der Waals surface area contributed by atoms with Gasteiger partial charge >= 0.3 is 6.97 Å². The molecule has 20 heteroatoms. The summed E-state index contributed by atoms with van der Waals surface area (Å²) in [5, 5.41) is 10.4. The summed E-state index contributed by atoms with van der Waals surface area (Å²) >= 11 is 1.38. The predicted molar refractivity (Wildman–Crippen MR) is 227 cm³/mol. The molecular formula is C38H50BF2N7O6S4. The first-order valence-electron chi connectivity index (χ1n) is 19.1. The van der Waals surface area contributed by atoms with Crippen LogP contribution in [0.5, 0.6) is 0 Å². The maximum atomic E-state index is 16.9. The van der Waals surface area contributed by atoms with Gasteiger partial charge in [-0.2, -0.15) is 0 Å². The molecule has 5 rings (SSSR count). The summed E-state index contributed by atoms with van der Waals surface area (Å²) < 4.78 is 71.7. The van der Waals surface area contributed by atoms with Crippen LogP contribution in [0.4, 0.5) is 8.63 Å². The number of aromatic nitrogens is 2. The van der Waals surface area contributed by atoms with Gasteiger partial charge in [-0.05, 0) is 84.3 Å². The molecule has 3 N–H and O–H groups in total. The Morgan fingerprint density at radius 3 is 2.50 bits per heavy atom. The van der Waals surface area contributed by atoms with Crippen molar-refractivity contribution in [3.8, 4) is 0 Å². The lowest BCUT2D eigenvalue weighted by atomic mass is 9.88. The van der Waals surface area contributed by atoms with Gasteiger partial charge in [0, 0.05) is 67.7 Å². The van der Waals surface area contributed by atoms with Crippen LogP contribution in [0.2, 0.25) is 0 Å². The molecular weight excluding hydrogens is 828 g/mol. The number of amides is 3. The van der Waals surface area contributed by atoms with E-state index in [0.717, 1.165) is 37.0 Å². The molecule has 0 saturated heterocycles. The van der Waals surface area contributed by atoms with Crippen LogP contribution in [0, 0.1) is 6.92 Å². The number of allylic oxidation sites excluding steroid dienone is 2. The molecule has 13 nitrogen and oxygen atoms in total. The molecule has 1 unspecified atom stereocenters. The molecule has 3 aromatic heterocycles. The van der Waals surface area contributed by atoms with Crippen LogP contribution in [-0.2, 0) is 30.9 Å². The highest BCUT2D eigenvalue weighted by Gasteiger charge is 2.54. The van der Waals surface area contributed by atoms with Gasteiger partial charge in [-0.1, -0.05) is 22.9 Å². The number of fused-ring (bicyclic) bond motifs is 2. The highest BCUT2D eigenvalue weighted by Crippen LogP contribution is 2.40. The van der Waals surface area contributed by atoms with Gasteiger partial charge in [-0.15, -0.1) is 11.3 Å². The van der Waals surface area contributed by atoms with Crippen molar-refractivity contribution in [2.24, 2.45) is 0 Å². The van der Waals surface area contributed by atoms with E-state index in [-0.39, 0.29) is 37.4 Å². The van der Waals surface area contributed by atoms with Crippen LogP contribution in [0.25, 0.3) is 6.08 Å². The van der Waals surface area contributed by atoms with Crippen molar-refractivity contribution in [1.29, 1.82) is 0 Å². The normalized spacial score (nSPS) is 15.3. The number of unbranched alkanes of at least 4 members (excludes halogenated alkanes) is 1. The van der Waals surface area contributed by atoms with E-state index in [2.05, 4.69) is 42.1 Å². The maximum Gasteiger partial charge on any atom is 0.737 e. The number of carbonyl (C=O) groups is 3. The van der Waals surface area contributed by atoms with Crippen LogP contribution in [-0.4, -0.2) is 120 Å². The molecule has 5 heterocycles. The van der Waals surface area contributed by atoms with Gasteiger partial charge in [0.05, 0.1) is 48.4 Å². The Morgan fingerprint density at radius 2 is 1.81 bits per heavy atom. The summed E-state index contributed by atoms with van der Waals surface area (Å²) in [7, 11) is 4.43. The molecule has 314 valence electrons. The van der Waals surface area contributed by atoms with Crippen LogP contribution in [0.1, 0.15) is 60.4 Å². The molecule has 0 saturated carbocycles. The second kappa shape index (κ2) is 20.0. The summed E-state index contributed by atoms with van der Waals surface area (Å²) in [6, 6.07) is 9.21. The lowest BCUT2D eigenvalue weighted by Crippen LogP contribution is -2.51. The van der Waals surface area contributed by atoms with Gasteiger partial charge in [0.25, 0.3) is 0 Å². The SMILES string of the molecule is Cc1cc(CCC(=O)NC(CS(=O)(=O)[O-])C(=O)NCCCCC(=O)NCCSSc2ccccn2)n2c1C=C1C(CCC[N+](C)(C)C)=CC(c3cccs3)=[N+]1[B-]2(F)F. The van der Waals surface area contributed by atoms with Crippen molar-refractivity contribution in [1.82, 2.24) is 25.4 Å². The van der Waals surface area contributed by atoms with E-state index in [4.69, 9.17) is 0 Å². The molecule has 0 bridgehead atoms. The van der Waals surface area contributed by atoms with Crippen LogP contribution in [0.15, 0.2) is 70.3 Å². The Balaban J connectivity index is 1.16. The fraction of sp³-hybridized carbons (Fsp3) is 0.447. The van der Waals surface area contributed by atoms with E-state index in [0.29, 0.717) is 59.1 Å². The number of nitrogens with one attached hydrogen (secondary N) is 3. The lowest BCUT2D eigenvalue weighted by molar-refractivity contribution is -0.870. The second-order valence-electron chi connectivity index (χ2n) is 15.2. The van der Waals surface area contributed by atoms with Gasteiger partial charge in [0.2, 0.25) is 17.7 Å². The summed E-state index contributed by atoms with van der Waals surface area (Å²) in [5.74, 6) is -2.30. The molecule has 3 amide bonds. The van der Waals surface area contributed by atoms with E-state index < -0.39 is 40.7 Å². The van der Waals surface area contributed by atoms with Gasteiger partial charge in [-0.3, -0.25) is 14.4 Å². The Hall–Kier alpha value is -3.82. The minimum atomic E-state index is -4.94. The number of halogens is 2. The van der Waals surface area contributed by atoms with E-state index in [1.165, 1.54) is 22.1 Å². The van der Waals surface area contributed by atoms with E-state index in [1.807, 2.05) is 41.8 Å². The first kappa shape index (κ1) is 45.3. The number of carbonyl (C=O) groups excluding carboxylic acids is 3. The number of aryl methyl sites for hydroxylation is 2. The summed E-state index contributed by atoms with van der Waals surface area (Å²) in [6.45, 7) is -1.24. The highest BCUT2D eigenvalue weighted by atomic mass is 33.1. The Kier molecular flexibility index (Phi) is 15.6. The fourth-order valence-electron chi connectivity index (χ4n) is 6.83. The number of hydrogen-bond donors (Lipinski definition) is 3. The third-order valence-corrected chi connectivity index (χ3v) is 13.4. The van der Waals surface area contributed by atoms with Gasteiger partial charge in [0.1, 0.15) is 11.1 Å². The number of rotatable bonds is 22. The van der Waals surface area contributed by atoms with Crippen molar-refractivity contribution in [3.05, 3.63) is 87.1 Å². The average Bonchev–Trinajstić information content (AvgIpc) is 3.88. The van der Waals surface area contributed by atoms with Crippen LogP contribution < -0.4 is 16.0 Å². The topological polar surface area (TPSA) is 165 Å². The molecule has 2 aliphatic rings. The van der Waals surface area contributed by atoms with Gasteiger partial charge in [0.15, 0.2) is 11.4 Å². The highest BCUT2D eigenvalue weighted by molar-refractivity contribution is 8.76. The lowest BCUT2D eigenvalue weighted by Gasteiger charge is -2.32. The molecule has 2 aliphatic heterocycles. The van der Waals surface area contributed by atoms with E-state index in [1.54, 1.807) is 36.1 Å². The largest absolute Gasteiger partial charge is 0.748 e. The maximum absolute atomic E-state index is 16.9. The Labute approximate surface area is 350 Å². The summed E-state index contributed by atoms with van der Waals surface area (Å²) in [6.07, 6.45) is 7.34. The fourth-order valence-corrected chi connectivity index (χ4v) is 10.0. The van der Waals surface area contributed by atoms with E-state index in [9.17, 15) is 27.4 Å². The quantitative estimate of drug-likeness (QED) is 0.0432. The standard InChI is InChI=1S/C38H50BF2N7O6S4/c1-27-23-29(46-31(27)25-32-28(11-9-20-48(2,3)4)24-33(34-12-10-21-55-34)47(32)39(46,40)41)15-16-36(50)45-30(26-58(52,53)54)38(51)44-18-7-5-13-35(49)42-19-22-56-57-37-14-6-8-17-43-37/h6,8,10,12,14,17,21,23-25,30H,5,7,9,11,13,15-16,18-20,22,26H2,1-4H3,(H3-,42,44,45,49,50,51,52,53,54). The van der Waals surface area contributed by atoms with Crippen molar-refractivity contribution in [2.45, 2.75) is 62.9 Å². The molecule has 0 aromatic carbocycles. The monoisotopic (exact) mass is 877 g/mol. The Morgan fingerprint density at radius 1 is 1.02 bits per heavy atom. The minimum Gasteiger partial charge on any atom is -0.748 e. The number of pyridine rings is 1. The van der Waals surface area contributed by atoms with Crippen molar-refractivity contribution >= 4 is 79.5 Å². The zero-order chi connectivity index (χ0) is 42.1. The molecule has 1 atom stereocenters. The number of quaternary nitrogens is 1. The molecule has 0 aliphatic carbocycles. The van der Waals surface area contributed by atoms with E-state index >= 15 is 8.63 Å². The second-order valence-corrected chi connectivity index (χ2v) is 20.1. The Bertz CT molecular complexity index is 2160. The number of hydrogen-bond acceptors (Lipinski definition) is 10.